The first-order chi connectivity index (χ1) is 8.15. The summed E-state index contributed by atoms with van der Waals surface area (Å²) in [5.74, 6) is -0.0591. The standard InChI is InChI=1S/C12H16ClNO3/c1-17-12(16)6-9-2-4-10(5-3-9)14-8-11(15)7-13/h2-5,11,14-15H,6-8H2,1H3. The summed E-state index contributed by atoms with van der Waals surface area (Å²) in [4.78, 5) is 11.0. The van der Waals surface area contributed by atoms with Gasteiger partial charge in [-0.2, -0.15) is 0 Å². The lowest BCUT2D eigenvalue weighted by molar-refractivity contribution is -0.139. The van der Waals surface area contributed by atoms with Crippen molar-refractivity contribution < 1.29 is 14.6 Å². The molecular formula is C12H16ClNO3. The second-order valence-electron chi connectivity index (χ2n) is 3.64. The van der Waals surface area contributed by atoms with Crippen LogP contribution in [0, 0.1) is 0 Å². The van der Waals surface area contributed by atoms with Crippen LogP contribution in [0.1, 0.15) is 5.56 Å². The highest BCUT2D eigenvalue weighted by Gasteiger charge is 2.03. The molecule has 0 bridgehead atoms. The maximum absolute atomic E-state index is 11.0. The predicted molar refractivity (Wildman–Crippen MR) is 67.4 cm³/mol. The van der Waals surface area contributed by atoms with Gasteiger partial charge in [-0.15, -0.1) is 11.6 Å². The molecule has 0 aliphatic carbocycles. The largest absolute Gasteiger partial charge is 0.469 e. The van der Waals surface area contributed by atoms with Crippen molar-refractivity contribution in [1.29, 1.82) is 0 Å². The number of rotatable bonds is 6. The van der Waals surface area contributed by atoms with Gasteiger partial charge in [-0.1, -0.05) is 12.1 Å². The average Bonchev–Trinajstić information content (AvgIpc) is 2.37. The number of halogens is 1. The summed E-state index contributed by atoms with van der Waals surface area (Å²) in [7, 11) is 1.37. The van der Waals surface area contributed by atoms with Crippen LogP contribution in [-0.4, -0.2) is 36.7 Å². The number of carbonyl (C=O) groups is 1. The SMILES string of the molecule is COC(=O)Cc1ccc(NCC(O)CCl)cc1. The van der Waals surface area contributed by atoms with Gasteiger partial charge in [0.15, 0.2) is 0 Å². The van der Waals surface area contributed by atoms with E-state index in [0.717, 1.165) is 11.3 Å². The van der Waals surface area contributed by atoms with Crippen LogP contribution >= 0.6 is 11.6 Å². The van der Waals surface area contributed by atoms with Crippen LogP contribution in [0.2, 0.25) is 0 Å². The molecule has 0 aromatic heterocycles. The monoisotopic (exact) mass is 257 g/mol. The Balaban J connectivity index is 2.47. The first kappa shape index (κ1) is 13.8. The summed E-state index contributed by atoms with van der Waals surface area (Å²) in [5, 5.41) is 12.3. The van der Waals surface area contributed by atoms with E-state index in [1.54, 1.807) is 0 Å². The van der Waals surface area contributed by atoms with Crippen molar-refractivity contribution in [2.24, 2.45) is 0 Å². The fourth-order valence-corrected chi connectivity index (χ4v) is 1.38. The Hall–Kier alpha value is -1.26. The fourth-order valence-electron chi connectivity index (χ4n) is 1.27. The number of alkyl halides is 1. The molecule has 94 valence electrons. The highest BCUT2D eigenvalue weighted by atomic mass is 35.5. The van der Waals surface area contributed by atoms with Crippen LogP contribution in [-0.2, 0) is 16.0 Å². The molecule has 0 fully saturated rings. The molecule has 17 heavy (non-hydrogen) atoms. The summed E-state index contributed by atoms with van der Waals surface area (Å²) in [5.41, 5.74) is 1.77. The molecule has 0 amide bonds. The Morgan fingerprint density at radius 1 is 1.47 bits per heavy atom. The van der Waals surface area contributed by atoms with Crippen molar-refractivity contribution in [3.8, 4) is 0 Å². The number of esters is 1. The van der Waals surface area contributed by atoms with Gasteiger partial charge in [0.05, 0.1) is 25.5 Å². The van der Waals surface area contributed by atoms with Gasteiger partial charge in [-0.25, -0.2) is 0 Å². The zero-order valence-electron chi connectivity index (χ0n) is 9.65. The Bertz CT molecular complexity index is 353. The van der Waals surface area contributed by atoms with E-state index in [1.165, 1.54) is 7.11 Å². The Morgan fingerprint density at radius 2 is 2.12 bits per heavy atom. The number of ether oxygens (including phenoxy) is 1. The third-order valence-corrected chi connectivity index (χ3v) is 2.61. The molecule has 1 atom stereocenters. The summed E-state index contributed by atoms with van der Waals surface area (Å²) in [6.45, 7) is 0.403. The zero-order chi connectivity index (χ0) is 12.7. The lowest BCUT2D eigenvalue weighted by Crippen LogP contribution is -2.20. The minimum Gasteiger partial charge on any atom is -0.469 e. The molecule has 1 unspecified atom stereocenters. The Labute approximate surface area is 106 Å². The number of nitrogens with one attached hydrogen (secondary N) is 1. The van der Waals surface area contributed by atoms with Crippen LogP contribution in [0.3, 0.4) is 0 Å². The van der Waals surface area contributed by atoms with Gasteiger partial charge in [-0.3, -0.25) is 4.79 Å². The quantitative estimate of drug-likeness (QED) is 0.598. The maximum Gasteiger partial charge on any atom is 0.309 e. The van der Waals surface area contributed by atoms with Gasteiger partial charge in [0.2, 0.25) is 0 Å². The Morgan fingerprint density at radius 3 is 2.65 bits per heavy atom. The van der Waals surface area contributed by atoms with E-state index < -0.39 is 6.10 Å². The molecule has 0 saturated carbocycles. The molecule has 0 spiro atoms. The highest BCUT2D eigenvalue weighted by molar-refractivity contribution is 6.18. The highest BCUT2D eigenvalue weighted by Crippen LogP contribution is 2.10. The molecule has 2 N–H and O–H groups in total. The molecule has 1 aromatic rings. The molecule has 0 aliphatic heterocycles. The van der Waals surface area contributed by atoms with Gasteiger partial charge in [0, 0.05) is 12.2 Å². The fraction of sp³-hybridized carbons (Fsp3) is 0.417. The lowest BCUT2D eigenvalue weighted by atomic mass is 10.1. The van der Waals surface area contributed by atoms with Gasteiger partial charge in [0.1, 0.15) is 0 Å². The normalized spacial score (nSPS) is 11.9. The maximum atomic E-state index is 11.0. The second kappa shape index (κ2) is 7.14. The van der Waals surface area contributed by atoms with E-state index in [4.69, 9.17) is 11.6 Å². The molecule has 0 radical (unpaired) electrons. The van der Waals surface area contributed by atoms with Crippen molar-refractivity contribution in [2.75, 3.05) is 24.9 Å². The van der Waals surface area contributed by atoms with E-state index in [9.17, 15) is 9.90 Å². The predicted octanol–water partition coefficient (Wildman–Crippen LogP) is 1.41. The van der Waals surface area contributed by atoms with Gasteiger partial charge in [0.25, 0.3) is 0 Å². The molecule has 0 heterocycles. The average molecular weight is 258 g/mol. The Kier molecular flexibility index (Phi) is 5.80. The van der Waals surface area contributed by atoms with E-state index in [-0.39, 0.29) is 18.3 Å². The van der Waals surface area contributed by atoms with Gasteiger partial charge < -0.3 is 15.2 Å². The molecule has 0 aliphatic rings. The number of aliphatic hydroxyl groups excluding tert-OH is 1. The van der Waals surface area contributed by atoms with Crippen molar-refractivity contribution in [3.05, 3.63) is 29.8 Å². The number of carbonyl (C=O) groups excluding carboxylic acids is 1. The zero-order valence-corrected chi connectivity index (χ0v) is 10.4. The first-order valence-electron chi connectivity index (χ1n) is 5.29. The van der Waals surface area contributed by atoms with Gasteiger partial charge in [-0.05, 0) is 17.7 Å². The molecule has 1 rings (SSSR count). The van der Waals surface area contributed by atoms with E-state index in [1.807, 2.05) is 24.3 Å². The van der Waals surface area contributed by atoms with Crippen LogP contribution in [0.4, 0.5) is 5.69 Å². The number of anilines is 1. The van der Waals surface area contributed by atoms with E-state index in [0.29, 0.717) is 6.54 Å². The van der Waals surface area contributed by atoms with Crippen LogP contribution in [0.25, 0.3) is 0 Å². The minimum absolute atomic E-state index is 0.202. The number of methoxy groups -OCH3 is 1. The van der Waals surface area contributed by atoms with Gasteiger partial charge >= 0.3 is 5.97 Å². The number of benzene rings is 1. The summed E-state index contributed by atoms with van der Waals surface area (Å²) >= 11 is 5.48. The van der Waals surface area contributed by atoms with Crippen molar-refractivity contribution >= 4 is 23.3 Å². The van der Waals surface area contributed by atoms with E-state index >= 15 is 0 Å². The van der Waals surface area contributed by atoms with Crippen molar-refractivity contribution in [2.45, 2.75) is 12.5 Å². The molecular weight excluding hydrogens is 242 g/mol. The number of aliphatic hydroxyl groups is 1. The van der Waals surface area contributed by atoms with Crippen molar-refractivity contribution in [3.63, 3.8) is 0 Å². The lowest BCUT2D eigenvalue weighted by Gasteiger charge is -2.10. The summed E-state index contributed by atoms with van der Waals surface area (Å²) in [6, 6.07) is 7.37. The summed E-state index contributed by atoms with van der Waals surface area (Å²) in [6.07, 6.45) is -0.299. The molecule has 0 saturated heterocycles. The summed E-state index contributed by atoms with van der Waals surface area (Å²) < 4.78 is 4.58. The van der Waals surface area contributed by atoms with Crippen molar-refractivity contribution in [1.82, 2.24) is 0 Å². The van der Waals surface area contributed by atoms with Crippen LogP contribution < -0.4 is 5.32 Å². The topological polar surface area (TPSA) is 58.6 Å². The number of hydrogen-bond donors (Lipinski definition) is 2. The molecule has 4 nitrogen and oxygen atoms in total. The van der Waals surface area contributed by atoms with Crippen LogP contribution in [0.15, 0.2) is 24.3 Å². The smallest absolute Gasteiger partial charge is 0.309 e. The third kappa shape index (κ3) is 5.06. The minimum atomic E-state index is -0.564. The van der Waals surface area contributed by atoms with Crippen LogP contribution in [0.5, 0.6) is 0 Å². The molecule has 1 aromatic carbocycles. The van der Waals surface area contributed by atoms with E-state index in [2.05, 4.69) is 10.1 Å². The first-order valence-corrected chi connectivity index (χ1v) is 5.83. The second-order valence-corrected chi connectivity index (χ2v) is 3.95. The molecule has 5 heteroatoms. The third-order valence-electron chi connectivity index (χ3n) is 2.25. The number of hydrogen-bond acceptors (Lipinski definition) is 4.